The number of rotatable bonds is 10. The number of piperazine rings is 1. The van der Waals surface area contributed by atoms with Crippen LogP contribution in [0.15, 0.2) is 36.4 Å². The predicted molar refractivity (Wildman–Crippen MR) is 127 cm³/mol. The topological polar surface area (TPSA) is 69.7 Å². The lowest BCUT2D eigenvalue weighted by molar-refractivity contribution is -0.127. The zero-order valence-electron chi connectivity index (χ0n) is 20.3. The molecule has 1 amide bonds. The Morgan fingerprint density at radius 1 is 0.886 bits per heavy atom. The Balaban J connectivity index is 1.63. The standard InChI is InChI=1S/C25H30F2N2O6/c1-31-19-7-5-6-17(22(19)35-25(26)27)9-11-21(30)29-14-12-28(13-15-29)16-18-8-10-20(32-2)24(34-4)23(18)33-3/h5-11,25H,12-16H2,1-4H3. The molecular formula is C25H30F2N2O6. The number of nitrogens with zero attached hydrogens (tertiary/aromatic N) is 2. The summed E-state index contributed by atoms with van der Waals surface area (Å²) < 4.78 is 51.7. The summed E-state index contributed by atoms with van der Waals surface area (Å²) in [6, 6.07) is 8.52. The van der Waals surface area contributed by atoms with E-state index in [0.717, 1.165) is 5.56 Å². The Labute approximate surface area is 203 Å². The molecule has 1 aliphatic rings. The molecule has 0 spiro atoms. The Kier molecular flexibility index (Phi) is 9.13. The number of methoxy groups -OCH3 is 4. The first-order chi connectivity index (χ1) is 16.9. The third kappa shape index (κ3) is 6.33. The Hall–Kier alpha value is -3.53. The SMILES string of the molecule is COc1cccc(C=CC(=O)N2CCN(Cc3ccc(OC)c(OC)c3OC)CC2)c1OC(F)F. The quantitative estimate of drug-likeness (QED) is 0.469. The van der Waals surface area contributed by atoms with Gasteiger partial charge >= 0.3 is 6.61 Å². The summed E-state index contributed by atoms with van der Waals surface area (Å²) in [5.74, 6) is 1.60. The molecule has 1 heterocycles. The fraction of sp³-hybridized carbons (Fsp3) is 0.400. The highest BCUT2D eigenvalue weighted by Crippen LogP contribution is 2.40. The number of amides is 1. The summed E-state index contributed by atoms with van der Waals surface area (Å²) in [6.07, 6.45) is 2.82. The van der Waals surface area contributed by atoms with Gasteiger partial charge in [-0.05, 0) is 18.2 Å². The van der Waals surface area contributed by atoms with E-state index in [-0.39, 0.29) is 17.4 Å². The van der Waals surface area contributed by atoms with Gasteiger partial charge in [-0.2, -0.15) is 8.78 Å². The number of carbonyl (C=O) groups excluding carboxylic acids is 1. The van der Waals surface area contributed by atoms with Crippen LogP contribution in [0.2, 0.25) is 0 Å². The fourth-order valence-electron chi connectivity index (χ4n) is 3.96. The maximum atomic E-state index is 12.8. The molecule has 1 fully saturated rings. The van der Waals surface area contributed by atoms with Crippen molar-refractivity contribution in [1.82, 2.24) is 9.80 Å². The van der Waals surface area contributed by atoms with Gasteiger partial charge in [0.15, 0.2) is 23.0 Å². The van der Waals surface area contributed by atoms with Gasteiger partial charge in [0.1, 0.15) is 0 Å². The number of alkyl halides is 2. The lowest BCUT2D eigenvalue weighted by Gasteiger charge is -2.34. The number of halogens is 2. The first kappa shape index (κ1) is 26.1. The fourth-order valence-corrected chi connectivity index (χ4v) is 3.96. The van der Waals surface area contributed by atoms with E-state index in [2.05, 4.69) is 9.64 Å². The number of benzene rings is 2. The van der Waals surface area contributed by atoms with Crippen molar-refractivity contribution in [1.29, 1.82) is 0 Å². The molecule has 8 nitrogen and oxygen atoms in total. The summed E-state index contributed by atoms with van der Waals surface area (Å²) in [7, 11) is 6.09. The molecule has 3 rings (SSSR count). The van der Waals surface area contributed by atoms with Crippen LogP contribution in [0.1, 0.15) is 11.1 Å². The Morgan fingerprint density at radius 2 is 1.54 bits per heavy atom. The summed E-state index contributed by atoms with van der Waals surface area (Å²) in [5, 5.41) is 0. The van der Waals surface area contributed by atoms with Crippen LogP contribution in [0.25, 0.3) is 6.08 Å². The van der Waals surface area contributed by atoms with Gasteiger partial charge in [0.25, 0.3) is 0 Å². The van der Waals surface area contributed by atoms with E-state index in [1.54, 1.807) is 38.4 Å². The van der Waals surface area contributed by atoms with E-state index in [1.165, 1.54) is 25.3 Å². The molecule has 1 saturated heterocycles. The van der Waals surface area contributed by atoms with Crippen LogP contribution in [-0.2, 0) is 11.3 Å². The summed E-state index contributed by atoms with van der Waals surface area (Å²) in [4.78, 5) is 16.7. The molecule has 0 N–H and O–H groups in total. The minimum absolute atomic E-state index is 0.109. The van der Waals surface area contributed by atoms with Crippen LogP contribution in [0, 0.1) is 0 Å². The molecule has 0 aliphatic carbocycles. The maximum Gasteiger partial charge on any atom is 0.387 e. The van der Waals surface area contributed by atoms with Crippen molar-refractivity contribution in [2.24, 2.45) is 0 Å². The number of para-hydroxylation sites is 1. The van der Waals surface area contributed by atoms with E-state index in [1.807, 2.05) is 12.1 Å². The van der Waals surface area contributed by atoms with Gasteiger partial charge in [-0.1, -0.05) is 18.2 Å². The minimum Gasteiger partial charge on any atom is -0.493 e. The zero-order chi connectivity index (χ0) is 25.4. The molecule has 10 heteroatoms. The van der Waals surface area contributed by atoms with Gasteiger partial charge in [0.2, 0.25) is 11.7 Å². The molecule has 2 aromatic rings. The van der Waals surface area contributed by atoms with Crippen LogP contribution in [0.3, 0.4) is 0 Å². The zero-order valence-corrected chi connectivity index (χ0v) is 20.3. The molecule has 190 valence electrons. The average Bonchev–Trinajstić information content (AvgIpc) is 2.87. The molecule has 0 unspecified atom stereocenters. The highest BCUT2D eigenvalue weighted by Gasteiger charge is 2.23. The molecular weight excluding hydrogens is 462 g/mol. The average molecular weight is 493 g/mol. The van der Waals surface area contributed by atoms with Crippen molar-refractivity contribution in [3.8, 4) is 28.7 Å². The van der Waals surface area contributed by atoms with E-state index in [4.69, 9.17) is 18.9 Å². The van der Waals surface area contributed by atoms with E-state index in [9.17, 15) is 13.6 Å². The molecule has 1 aliphatic heterocycles. The number of hydrogen-bond acceptors (Lipinski definition) is 7. The van der Waals surface area contributed by atoms with Crippen molar-refractivity contribution in [3.05, 3.63) is 47.5 Å². The number of carbonyl (C=O) groups is 1. The van der Waals surface area contributed by atoms with Gasteiger partial charge in [-0.3, -0.25) is 9.69 Å². The van der Waals surface area contributed by atoms with Crippen molar-refractivity contribution >= 4 is 12.0 Å². The maximum absolute atomic E-state index is 12.8. The van der Waals surface area contributed by atoms with E-state index < -0.39 is 6.61 Å². The molecule has 0 atom stereocenters. The Bertz CT molecular complexity index is 1040. The van der Waals surface area contributed by atoms with Gasteiger partial charge in [-0.15, -0.1) is 0 Å². The van der Waals surface area contributed by atoms with Crippen LogP contribution in [-0.4, -0.2) is 76.9 Å². The largest absolute Gasteiger partial charge is 0.493 e. The smallest absolute Gasteiger partial charge is 0.387 e. The van der Waals surface area contributed by atoms with Crippen molar-refractivity contribution in [3.63, 3.8) is 0 Å². The van der Waals surface area contributed by atoms with Crippen LogP contribution >= 0.6 is 0 Å². The molecule has 0 saturated carbocycles. The van der Waals surface area contributed by atoms with Crippen LogP contribution in [0.4, 0.5) is 8.78 Å². The highest BCUT2D eigenvalue weighted by molar-refractivity contribution is 5.92. The van der Waals surface area contributed by atoms with Gasteiger partial charge in [0.05, 0.1) is 28.4 Å². The molecule has 0 aromatic heterocycles. The second-order valence-electron chi connectivity index (χ2n) is 7.69. The lowest BCUT2D eigenvalue weighted by Crippen LogP contribution is -2.47. The molecule has 0 bridgehead atoms. The first-order valence-corrected chi connectivity index (χ1v) is 11.0. The molecule has 0 radical (unpaired) electrons. The van der Waals surface area contributed by atoms with Gasteiger partial charge in [-0.25, -0.2) is 0 Å². The molecule has 35 heavy (non-hydrogen) atoms. The molecule has 2 aromatic carbocycles. The van der Waals surface area contributed by atoms with Gasteiger partial charge < -0.3 is 28.6 Å². The summed E-state index contributed by atoms with van der Waals surface area (Å²) in [5.41, 5.74) is 1.28. The summed E-state index contributed by atoms with van der Waals surface area (Å²) >= 11 is 0. The van der Waals surface area contributed by atoms with Crippen LogP contribution < -0.4 is 23.7 Å². The predicted octanol–water partition coefficient (Wildman–Crippen LogP) is 3.68. The van der Waals surface area contributed by atoms with Gasteiger partial charge in [0, 0.05) is 49.9 Å². The van der Waals surface area contributed by atoms with Crippen LogP contribution in [0.5, 0.6) is 28.7 Å². The lowest BCUT2D eigenvalue weighted by atomic mass is 10.1. The normalized spacial score (nSPS) is 14.3. The number of hydrogen-bond donors (Lipinski definition) is 0. The second-order valence-corrected chi connectivity index (χ2v) is 7.69. The minimum atomic E-state index is -3.01. The monoisotopic (exact) mass is 492 g/mol. The van der Waals surface area contributed by atoms with E-state index >= 15 is 0 Å². The summed E-state index contributed by atoms with van der Waals surface area (Å²) in [6.45, 7) is -0.00779. The van der Waals surface area contributed by atoms with Crippen molar-refractivity contribution in [2.45, 2.75) is 13.2 Å². The first-order valence-electron chi connectivity index (χ1n) is 11.0. The third-order valence-electron chi connectivity index (χ3n) is 5.71. The van der Waals surface area contributed by atoms with E-state index in [0.29, 0.717) is 55.5 Å². The van der Waals surface area contributed by atoms with Crippen molar-refractivity contribution in [2.75, 3.05) is 54.6 Å². The Morgan fingerprint density at radius 3 is 2.14 bits per heavy atom. The highest BCUT2D eigenvalue weighted by atomic mass is 19.3. The number of ether oxygens (including phenoxy) is 5. The third-order valence-corrected chi connectivity index (χ3v) is 5.71. The second kappa shape index (κ2) is 12.3. The van der Waals surface area contributed by atoms with Crippen molar-refractivity contribution < 1.29 is 37.3 Å².